The lowest BCUT2D eigenvalue weighted by Crippen LogP contribution is -1.95. The Labute approximate surface area is 111 Å². The third kappa shape index (κ3) is 2.77. The fourth-order valence-corrected chi connectivity index (χ4v) is 1.53. The van der Waals surface area contributed by atoms with Crippen LogP contribution in [-0.2, 0) is 0 Å². The summed E-state index contributed by atoms with van der Waals surface area (Å²) >= 11 is 0. The van der Waals surface area contributed by atoms with Gasteiger partial charge in [0, 0.05) is 12.1 Å². The minimum absolute atomic E-state index is 0.00889. The normalized spacial score (nSPS) is 10.1. The smallest absolute Gasteiger partial charge is 0.280 e. The standard InChI is InChI=1S/C13H7F2NO4/c14-11-3-1-10(6-12(11)15)20-9-2-4-13(16(18)19)8(5-9)7-17/h1-7H. The van der Waals surface area contributed by atoms with Crippen molar-refractivity contribution >= 4 is 12.0 Å². The summed E-state index contributed by atoms with van der Waals surface area (Å²) in [4.78, 5) is 20.7. The highest BCUT2D eigenvalue weighted by Crippen LogP contribution is 2.27. The number of hydrogen-bond acceptors (Lipinski definition) is 4. The maximum absolute atomic E-state index is 13.0. The molecule has 0 saturated carbocycles. The van der Waals surface area contributed by atoms with Gasteiger partial charge in [-0.25, -0.2) is 8.78 Å². The molecule has 102 valence electrons. The number of carbonyl (C=O) groups is 1. The number of carbonyl (C=O) groups excluding carboxylic acids is 1. The molecule has 0 heterocycles. The Hall–Kier alpha value is -2.83. The van der Waals surface area contributed by atoms with E-state index in [4.69, 9.17) is 4.74 Å². The maximum Gasteiger partial charge on any atom is 0.280 e. The molecule has 5 nitrogen and oxygen atoms in total. The molecule has 0 spiro atoms. The van der Waals surface area contributed by atoms with E-state index in [1.807, 2.05) is 0 Å². The van der Waals surface area contributed by atoms with E-state index in [0.29, 0.717) is 6.29 Å². The lowest BCUT2D eigenvalue weighted by Gasteiger charge is -2.06. The predicted octanol–water partition coefficient (Wildman–Crippen LogP) is 3.48. The molecule has 0 aliphatic rings. The molecule has 0 atom stereocenters. The highest BCUT2D eigenvalue weighted by atomic mass is 19.2. The monoisotopic (exact) mass is 279 g/mol. The van der Waals surface area contributed by atoms with Gasteiger partial charge >= 0.3 is 0 Å². The minimum Gasteiger partial charge on any atom is -0.457 e. The molecule has 0 aromatic heterocycles. The molecule has 0 aliphatic carbocycles. The largest absolute Gasteiger partial charge is 0.457 e. The molecule has 2 aromatic carbocycles. The van der Waals surface area contributed by atoms with Crippen molar-refractivity contribution in [1.82, 2.24) is 0 Å². The molecule has 0 amide bonds. The molecule has 0 aliphatic heterocycles. The van der Waals surface area contributed by atoms with E-state index in [-0.39, 0.29) is 22.7 Å². The number of nitrogens with zero attached hydrogens (tertiary/aromatic N) is 1. The first-order chi connectivity index (χ1) is 9.51. The molecule has 0 N–H and O–H groups in total. The van der Waals surface area contributed by atoms with Crippen molar-refractivity contribution in [3.63, 3.8) is 0 Å². The Morgan fingerprint density at radius 2 is 1.70 bits per heavy atom. The van der Waals surface area contributed by atoms with Crippen LogP contribution in [0.2, 0.25) is 0 Å². The zero-order valence-corrected chi connectivity index (χ0v) is 9.88. The van der Waals surface area contributed by atoms with Crippen LogP contribution in [0.1, 0.15) is 10.4 Å². The average molecular weight is 279 g/mol. The van der Waals surface area contributed by atoms with E-state index in [1.54, 1.807) is 0 Å². The highest BCUT2D eigenvalue weighted by molar-refractivity contribution is 5.82. The third-order valence-corrected chi connectivity index (χ3v) is 2.45. The number of nitro groups is 1. The Morgan fingerprint density at radius 3 is 2.30 bits per heavy atom. The van der Waals surface area contributed by atoms with Crippen LogP contribution in [0.25, 0.3) is 0 Å². The van der Waals surface area contributed by atoms with Gasteiger partial charge in [0.2, 0.25) is 0 Å². The topological polar surface area (TPSA) is 69.4 Å². The fraction of sp³-hybridized carbons (Fsp3) is 0. The summed E-state index contributed by atoms with van der Waals surface area (Å²) in [7, 11) is 0. The second-order valence-corrected chi connectivity index (χ2v) is 3.77. The average Bonchev–Trinajstić information content (AvgIpc) is 2.42. The van der Waals surface area contributed by atoms with Gasteiger partial charge < -0.3 is 4.74 Å². The minimum atomic E-state index is -1.08. The quantitative estimate of drug-likeness (QED) is 0.488. The lowest BCUT2D eigenvalue weighted by atomic mass is 10.2. The van der Waals surface area contributed by atoms with E-state index in [9.17, 15) is 23.7 Å². The number of ether oxygens (including phenoxy) is 1. The number of hydrogen-bond donors (Lipinski definition) is 0. The summed E-state index contributed by atoms with van der Waals surface area (Å²) in [6.07, 6.45) is 0.316. The molecule has 0 fully saturated rings. The van der Waals surface area contributed by atoms with Crippen molar-refractivity contribution in [2.45, 2.75) is 0 Å². The van der Waals surface area contributed by atoms with Crippen molar-refractivity contribution < 1.29 is 23.2 Å². The molecule has 0 radical (unpaired) electrons. The van der Waals surface area contributed by atoms with E-state index >= 15 is 0 Å². The van der Waals surface area contributed by atoms with Crippen LogP contribution < -0.4 is 4.74 Å². The first-order valence-electron chi connectivity index (χ1n) is 5.38. The van der Waals surface area contributed by atoms with Gasteiger partial charge in [-0.05, 0) is 24.3 Å². The van der Waals surface area contributed by atoms with Gasteiger partial charge in [0.05, 0.1) is 10.5 Å². The maximum atomic E-state index is 13.0. The molecule has 0 saturated heterocycles. The van der Waals surface area contributed by atoms with Crippen LogP contribution in [0, 0.1) is 21.7 Å². The first-order valence-corrected chi connectivity index (χ1v) is 5.38. The molecule has 0 bridgehead atoms. The van der Waals surface area contributed by atoms with Crippen LogP contribution >= 0.6 is 0 Å². The van der Waals surface area contributed by atoms with Gasteiger partial charge in [-0.2, -0.15) is 0 Å². The van der Waals surface area contributed by atoms with Crippen LogP contribution in [-0.4, -0.2) is 11.2 Å². The van der Waals surface area contributed by atoms with Crippen molar-refractivity contribution in [3.8, 4) is 11.5 Å². The predicted molar refractivity (Wildman–Crippen MR) is 64.9 cm³/mol. The van der Waals surface area contributed by atoms with E-state index < -0.39 is 16.6 Å². The highest BCUT2D eigenvalue weighted by Gasteiger charge is 2.14. The summed E-state index contributed by atoms with van der Waals surface area (Å²) in [5, 5.41) is 10.6. The van der Waals surface area contributed by atoms with E-state index in [2.05, 4.69) is 0 Å². The number of benzene rings is 2. The summed E-state index contributed by atoms with van der Waals surface area (Å²) < 4.78 is 30.9. The zero-order chi connectivity index (χ0) is 14.7. The van der Waals surface area contributed by atoms with Crippen molar-refractivity contribution in [1.29, 1.82) is 0 Å². The summed E-state index contributed by atoms with van der Waals surface area (Å²) in [5.41, 5.74) is -0.535. The van der Waals surface area contributed by atoms with Crippen molar-refractivity contribution in [2.75, 3.05) is 0 Å². The lowest BCUT2D eigenvalue weighted by molar-refractivity contribution is -0.385. The molecule has 2 rings (SSSR count). The van der Waals surface area contributed by atoms with E-state index in [1.165, 1.54) is 12.1 Å². The van der Waals surface area contributed by atoms with E-state index in [0.717, 1.165) is 24.3 Å². The first kappa shape index (κ1) is 13.6. The van der Waals surface area contributed by atoms with Gasteiger partial charge in [0.25, 0.3) is 5.69 Å². The number of nitro benzene ring substituents is 1. The van der Waals surface area contributed by atoms with Gasteiger partial charge in [-0.3, -0.25) is 14.9 Å². The summed E-state index contributed by atoms with van der Waals surface area (Å²) in [5.74, 6) is -1.99. The number of halogens is 2. The van der Waals surface area contributed by atoms with Crippen LogP contribution in [0.3, 0.4) is 0 Å². The summed E-state index contributed by atoms with van der Waals surface area (Å²) in [6.45, 7) is 0. The second-order valence-electron chi connectivity index (χ2n) is 3.77. The number of rotatable bonds is 4. The molecule has 0 unspecified atom stereocenters. The van der Waals surface area contributed by atoms with Crippen LogP contribution in [0.15, 0.2) is 36.4 Å². The summed E-state index contributed by atoms with van der Waals surface area (Å²) in [6, 6.07) is 6.41. The van der Waals surface area contributed by atoms with Gasteiger partial charge in [-0.15, -0.1) is 0 Å². The molecule has 2 aromatic rings. The van der Waals surface area contributed by atoms with Gasteiger partial charge in [0.1, 0.15) is 11.5 Å². The zero-order valence-electron chi connectivity index (χ0n) is 9.88. The Kier molecular flexibility index (Phi) is 3.69. The molecular weight excluding hydrogens is 272 g/mol. The van der Waals surface area contributed by atoms with Gasteiger partial charge in [-0.1, -0.05) is 0 Å². The second kappa shape index (κ2) is 5.43. The molecule has 20 heavy (non-hydrogen) atoms. The fourth-order valence-electron chi connectivity index (χ4n) is 1.53. The molecule has 7 heteroatoms. The van der Waals surface area contributed by atoms with Crippen LogP contribution in [0.5, 0.6) is 11.5 Å². The van der Waals surface area contributed by atoms with Crippen molar-refractivity contribution in [2.24, 2.45) is 0 Å². The van der Waals surface area contributed by atoms with Gasteiger partial charge in [0.15, 0.2) is 17.9 Å². The number of aldehydes is 1. The Bertz CT molecular complexity index is 688. The SMILES string of the molecule is O=Cc1cc(Oc2ccc(F)c(F)c2)ccc1[N+](=O)[O-]. The third-order valence-electron chi connectivity index (χ3n) is 2.45. The van der Waals surface area contributed by atoms with Crippen LogP contribution in [0.4, 0.5) is 14.5 Å². The molecular formula is C13H7F2NO4. The van der Waals surface area contributed by atoms with Crippen molar-refractivity contribution in [3.05, 3.63) is 63.7 Å². The Balaban J connectivity index is 2.32. The Morgan fingerprint density at radius 1 is 1.05 bits per heavy atom.